The smallest absolute Gasteiger partial charge is 0.138 e. The van der Waals surface area contributed by atoms with Crippen molar-refractivity contribution in [3.63, 3.8) is 0 Å². The Morgan fingerprint density at radius 3 is 2.54 bits per heavy atom. The first-order valence-electron chi connectivity index (χ1n) is 7.68. The molecule has 3 N–H and O–H groups in total. The van der Waals surface area contributed by atoms with Gasteiger partial charge in [-0.3, -0.25) is 0 Å². The molecule has 0 aliphatic rings. The lowest BCUT2D eigenvalue weighted by Gasteiger charge is -2.06. The van der Waals surface area contributed by atoms with Crippen LogP contribution in [0.3, 0.4) is 0 Å². The van der Waals surface area contributed by atoms with Gasteiger partial charge in [0.1, 0.15) is 17.0 Å². The van der Waals surface area contributed by atoms with Crippen molar-refractivity contribution in [1.82, 2.24) is 9.97 Å². The second kappa shape index (κ2) is 6.29. The molecule has 2 aromatic heterocycles. The number of anilines is 2. The van der Waals surface area contributed by atoms with Crippen molar-refractivity contribution in [2.24, 2.45) is 0 Å². The summed E-state index contributed by atoms with van der Waals surface area (Å²) >= 11 is 1.66. The standard InChI is InChI=1S/C19H16N4S/c20-15-8-6-14(7-9-15)17-10-16-18(22-12-23-19(16)24-17)21-11-13-4-2-1-3-5-13/h1-10,12H,11,20H2,(H,21,22,23). The normalized spacial score (nSPS) is 10.8. The Morgan fingerprint density at radius 2 is 1.75 bits per heavy atom. The van der Waals surface area contributed by atoms with E-state index in [4.69, 9.17) is 5.73 Å². The third-order valence-corrected chi connectivity index (χ3v) is 4.92. The van der Waals surface area contributed by atoms with Gasteiger partial charge in [-0.05, 0) is 29.3 Å². The van der Waals surface area contributed by atoms with Gasteiger partial charge in [-0.25, -0.2) is 9.97 Å². The number of aromatic nitrogens is 2. The number of hydrogen-bond acceptors (Lipinski definition) is 5. The van der Waals surface area contributed by atoms with Crippen LogP contribution in [-0.2, 0) is 6.54 Å². The summed E-state index contributed by atoms with van der Waals surface area (Å²) in [5.74, 6) is 0.863. The minimum Gasteiger partial charge on any atom is -0.399 e. The zero-order chi connectivity index (χ0) is 16.4. The number of nitrogens with zero attached hydrogens (tertiary/aromatic N) is 2. The molecule has 2 aromatic carbocycles. The SMILES string of the molecule is Nc1ccc(-c2cc3c(NCc4ccccc4)ncnc3s2)cc1. The number of hydrogen-bond donors (Lipinski definition) is 2. The molecular weight excluding hydrogens is 316 g/mol. The highest BCUT2D eigenvalue weighted by molar-refractivity contribution is 7.21. The Bertz CT molecular complexity index is 962. The Morgan fingerprint density at radius 1 is 0.958 bits per heavy atom. The molecule has 0 fully saturated rings. The highest BCUT2D eigenvalue weighted by Gasteiger charge is 2.10. The molecule has 4 aromatic rings. The third-order valence-electron chi connectivity index (χ3n) is 3.83. The summed E-state index contributed by atoms with van der Waals surface area (Å²) in [5.41, 5.74) is 8.90. The molecule has 5 heteroatoms. The summed E-state index contributed by atoms with van der Waals surface area (Å²) in [6.07, 6.45) is 1.61. The predicted molar refractivity (Wildman–Crippen MR) is 101 cm³/mol. The Balaban J connectivity index is 1.66. The molecule has 0 amide bonds. The van der Waals surface area contributed by atoms with Gasteiger partial charge < -0.3 is 11.1 Å². The van der Waals surface area contributed by atoms with Crippen molar-refractivity contribution in [3.05, 3.63) is 72.6 Å². The van der Waals surface area contributed by atoms with E-state index in [1.807, 2.05) is 42.5 Å². The molecule has 0 unspecified atom stereocenters. The van der Waals surface area contributed by atoms with Gasteiger partial charge in [-0.15, -0.1) is 11.3 Å². The quantitative estimate of drug-likeness (QED) is 0.538. The van der Waals surface area contributed by atoms with Crippen molar-refractivity contribution in [2.45, 2.75) is 6.54 Å². The molecule has 0 saturated carbocycles. The second-order valence-corrected chi connectivity index (χ2v) is 6.54. The molecule has 0 spiro atoms. The summed E-state index contributed by atoms with van der Waals surface area (Å²) < 4.78 is 0. The van der Waals surface area contributed by atoms with Crippen LogP contribution in [0.2, 0.25) is 0 Å². The minimum absolute atomic E-state index is 0.736. The van der Waals surface area contributed by atoms with Crippen LogP contribution in [0.25, 0.3) is 20.7 Å². The van der Waals surface area contributed by atoms with Gasteiger partial charge in [0, 0.05) is 17.1 Å². The van der Waals surface area contributed by atoms with E-state index >= 15 is 0 Å². The Hall–Kier alpha value is -2.92. The summed E-state index contributed by atoms with van der Waals surface area (Å²) in [7, 11) is 0. The van der Waals surface area contributed by atoms with E-state index in [1.54, 1.807) is 17.7 Å². The van der Waals surface area contributed by atoms with Crippen LogP contribution in [0.4, 0.5) is 11.5 Å². The third kappa shape index (κ3) is 2.94. The summed E-state index contributed by atoms with van der Waals surface area (Å²) in [5, 5.41) is 4.46. The fourth-order valence-electron chi connectivity index (χ4n) is 2.57. The first-order chi connectivity index (χ1) is 11.8. The average molecular weight is 332 g/mol. The maximum Gasteiger partial charge on any atom is 0.138 e. The number of nitrogen functional groups attached to an aromatic ring is 1. The zero-order valence-electron chi connectivity index (χ0n) is 12.9. The topological polar surface area (TPSA) is 63.8 Å². The lowest BCUT2D eigenvalue weighted by Crippen LogP contribution is -2.01. The van der Waals surface area contributed by atoms with E-state index in [0.717, 1.165) is 38.7 Å². The maximum atomic E-state index is 5.77. The number of fused-ring (bicyclic) bond motifs is 1. The number of nitrogens with one attached hydrogen (secondary N) is 1. The zero-order valence-corrected chi connectivity index (χ0v) is 13.8. The van der Waals surface area contributed by atoms with Gasteiger partial charge in [-0.2, -0.15) is 0 Å². The van der Waals surface area contributed by atoms with Gasteiger partial charge in [0.25, 0.3) is 0 Å². The van der Waals surface area contributed by atoms with Crippen molar-refractivity contribution >= 4 is 33.1 Å². The molecule has 0 radical (unpaired) electrons. The Kier molecular flexibility index (Phi) is 3.84. The first-order valence-corrected chi connectivity index (χ1v) is 8.49. The minimum atomic E-state index is 0.736. The van der Waals surface area contributed by atoms with Gasteiger partial charge in [0.05, 0.1) is 5.39 Å². The first kappa shape index (κ1) is 14.7. The fourth-order valence-corrected chi connectivity index (χ4v) is 3.57. The summed E-state index contributed by atoms with van der Waals surface area (Å²) in [4.78, 5) is 11.0. The highest BCUT2D eigenvalue weighted by Crippen LogP contribution is 2.35. The molecule has 2 heterocycles. The average Bonchev–Trinajstić information content (AvgIpc) is 3.06. The molecule has 0 aliphatic heterocycles. The van der Waals surface area contributed by atoms with Crippen LogP contribution in [0.15, 0.2) is 67.0 Å². The Labute approximate surface area is 144 Å². The van der Waals surface area contributed by atoms with Crippen molar-refractivity contribution < 1.29 is 0 Å². The van der Waals surface area contributed by atoms with Crippen LogP contribution < -0.4 is 11.1 Å². The van der Waals surface area contributed by atoms with Gasteiger partial charge in [0.2, 0.25) is 0 Å². The fraction of sp³-hybridized carbons (Fsp3) is 0.0526. The van der Waals surface area contributed by atoms with E-state index in [9.17, 15) is 0 Å². The van der Waals surface area contributed by atoms with E-state index in [0.29, 0.717) is 0 Å². The largest absolute Gasteiger partial charge is 0.399 e. The van der Waals surface area contributed by atoms with Crippen LogP contribution in [0.5, 0.6) is 0 Å². The van der Waals surface area contributed by atoms with Gasteiger partial charge in [0.15, 0.2) is 0 Å². The molecule has 24 heavy (non-hydrogen) atoms. The predicted octanol–water partition coefficient (Wildman–Crippen LogP) is 4.55. The van der Waals surface area contributed by atoms with Crippen LogP contribution in [0, 0.1) is 0 Å². The van der Waals surface area contributed by atoms with Crippen LogP contribution in [0.1, 0.15) is 5.56 Å². The van der Waals surface area contributed by atoms with Gasteiger partial charge in [-0.1, -0.05) is 42.5 Å². The number of rotatable bonds is 4. The molecule has 4 rings (SSSR count). The van der Waals surface area contributed by atoms with E-state index in [2.05, 4.69) is 33.5 Å². The summed E-state index contributed by atoms with van der Waals surface area (Å²) in [6.45, 7) is 0.736. The molecule has 4 nitrogen and oxygen atoms in total. The van der Waals surface area contributed by atoms with E-state index in [1.165, 1.54) is 5.56 Å². The van der Waals surface area contributed by atoms with Crippen molar-refractivity contribution in [2.75, 3.05) is 11.1 Å². The van der Waals surface area contributed by atoms with Crippen molar-refractivity contribution in [3.8, 4) is 10.4 Å². The number of benzene rings is 2. The van der Waals surface area contributed by atoms with E-state index in [-0.39, 0.29) is 0 Å². The lowest BCUT2D eigenvalue weighted by molar-refractivity contribution is 1.11. The van der Waals surface area contributed by atoms with Crippen LogP contribution in [-0.4, -0.2) is 9.97 Å². The molecule has 0 atom stereocenters. The lowest BCUT2D eigenvalue weighted by atomic mass is 10.1. The number of thiophene rings is 1. The molecule has 0 aliphatic carbocycles. The van der Waals surface area contributed by atoms with E-state index < -0.39 is 0 Å². The molecule has 0 saturated heterocycles. The summed E-state index contributed by atoms with van der Waals surface area (Å²) in [6, 6.07) is 20.3. The number of nitrogens with two attached hydrogens (primary N) is 1. The maximum absolute atomic E-state index is 5.77. The highest BCUT2D eigenvalue weighted by atomic mass is 32.1. The van der Waals surface area contributed by atoms with Crippen molar-refractivity contribution in [1.29, 1.82) is 0 Å². The second-order valence-electron chi connectivity index (χ2n) is 5.51. The molecule has 118 valence electrons. The van der Waals surface area contributed by atoms with Crippen LogP contribution >= 0.6 is 11.3 Å². The van der Waals surface area contributed by atoms with Gasteiger partial charge >= 0.3 is 0 Å². The monoisotopic (exact) mass is 332 g/mol. The molecule has 0 bridgehead atoms. The molecular formula is C19H16N4S.